The first-order chi connectivity index (χ1) is 11.3. The van der Waals surface area contributed by atoms with Gasteiger partial charge in [-0.3, -0.25) is 4.79 Å². The Bertz CT molecular complexity index is 547. The van der Waals surface area contributed by atoms with Gasteiger partial charge in [0, 0.05) is 24.5 Å². The van der Waals surface area contributed by atoms with Crippen LogP contribution in [-0.2, 0) is 20.9 Å². The summed E-state index contributed by atoms with van der Waals surface area (Å²) in [6.07, 6.45) is 0.583. The second-order valence-corrected chi connectivity index (χ2v) is 7.22. The summed E-state index contributed by atoms with van der Waals surface area (Å²) in [6.45, 7) is 9.49. The van der Waals surface area contributed by atoms with E-state index in [9.17, 15) is 4.79 Å². The molecule has 24 heavy (non-hydrogen) atoms. The van der Waals surface area contributed by atoms with Crippen molar-refractivity contribution in [3.63, 3.8) is 0 Å². The highest BCUT2D eigenvalue weighted by molar-refractivity contribution is 5.89. The van der Waals surface area contributed by atoms with Gasteiger partial charge in [-0.1, -0.05) is 44.2 Å². The summed E-state index contributed by atoms with van der Waals surface area (Å²) in [7, 11) is 0. The number of carbonyl (C=O) groups excluding carboxylic acids is 1. The fraction of sp³-hybridized carbons (Fsp3) is 0.632. The zero-order chi connectivity index (χ0) is 17.8. The first-order valence-corrected chi connectivity index (χ1v) is 8.64. The molecule has 5 nitrogen and oxygen atoms in total. The predicted octanol–water partition coefficient (Wildman–Crippen LogP) is 2.24. The van der Waals surface area contributed by atoms with Gasteiger partial charge in [0.25, 0.3) is 0 Å². The molecule has 1 amide bonds. The maximum atomic E-state index is 12.6. The molecule has 3 unspecified atom stereocenters. The zero-order valence-electron chi connectivity index (χ0n) is 15.2. The van der Waals surface area contributed by atoms with Crippen molar-refractivity contribution >= 4 is 5.91 Å². The van der Waals surface area contributed by atoms with Gasteiger partial charge in [-0.2, -0.15) is 0 Å². The number of carbonyl (C=O) groups is 1. The molecular formula is C19H30N2O3. The van der Waals surface area contributed by atoms with E-state index in [0.29, 0.717) is 26.2 Å². The summed E-state index contributed by atoms with van der Waals surface area (Å²) in [5.74, 6) is -0.126. The van der Waals surface area contributed by atoms with Gasteiger partial charge in [-0.05, 0) is 19.4 Å². The quantitative estimate of drug-likeness (QED) is 0.765. The maximum Gasteiger partial charge on any atom is 0.241 e. The average Bonchev–Trinajstić information content (AvgIpc) is 2.55. The molecule has 5 heteroatoms. The lowest BCUT2D eigenvalue weighted by Gasteiger charge is -2.57. The summed E-state index contributed by atoms with van der Waals surface area (Å²) < 4.78 is 11.4. The highest BCUT2D eigenvalue weighted by Crippen LogP contribution is 2.49. The monoisotopic (exact) mass is 334 g/mol. The number of nitrogens with one attached hydrogen (secondary N) is 1. The molecular weight excluding hydrogens is 304 g/mol. The maximum absolute atomic E-state index is 12.6. The molecule has 1 saturated carbocycles. The summed E-state index contributed by atoms with van der Waals surface area (Å²) in [5, 5.41) is 2.98. The van der Waals surface area contributed by atoms with Gasteiger partial charge in [0.1, 0.15) is 5.54 Å². The van der Waals surface area contributed by atoms with Crippen molar-refractivity contribution in [3.05, 3.63) is 35.9 Å². The van der Waals surface area contributed by atoms with Crippen LogP contribution in [0, 0.1) is 5.41 Å². The molecule has 2 rings (SSSR count). The molecule has 0 aromatic heterocycles. The number of hydrogen-bond acceptors (Lipinski definition) is 4. The first kappa shape index (κ1) is 18.9. The molecule has 0 aliphatic heterocycles. The molecule has 1 aromatic carbocycles. The van der Waals surface area contributed by atoms with E-state index in [2.05, 4.69) is 5.32 Å². The molecule has 1 aromatic rings. The van der Waals surface area contributed by atoms with Crippen LogP contribution in [0.3, 0.4) is 0 Å². The third-order valence-electron chi connectivity index (χ3n) is 5.09. The van der Waals surface area contributed by atoms with Crippen molar-refractivity contribution in [1.82, 2.24) is 5.32 Å². The molecule has 0 saturated heterocycles. The largest absolute Gasteiger partial charge is 0.378 e. The van der Waals surface area contributed by atoms with Crippen LogP contribution in [0.4, 0.5) is 0 Å². The van der Waals surface area contributed by atoms with Crippen LogP contribution in [0.2, 0.25) is 0 Å². The topological polar surface area (TPSA) is 73.6 Å². The third kappa shape index (κ3) is 3.79. The summed E-state index contributed by atoms with van der Waals surface area (Å²) in [6, 6.07) is 9.88. The Labute approximate surface area is 144 Å². The highest BCUT2D eigenvalue weighted by Gasteiger charge is 2.62. The zero-order valence-corrected chi connectivity index (χ0v) is 15.2. The Morgan fingerprint density at radius 2 is 2.04 bits per heavy atom. The Morgan fingerprint density at radius 3 is 2.62 bits per heavy atom. The molecule has 0 spiro atoms. The highest BCUT2D eigenvalue weighted by atomic mass is 16.5. The van der Waals surface area contributed by atoms with Crippen molar-refractivity contribution in [3.8, 4) is 0 Å². The van der Waals surface area contributed by atoms with Gasteiger partial charge in [-0.15, -0.1) is 0 Å². The number of hydrogen-bond donors (Lipinski definition) is 2. The van der Waals surface area contributed by atoms with Crippen LogP contribution in [0.1, 0.15) is 39.7 Å². The molecule has 1 fully saturated rings. The first-order valence-electron chi connectivity index (χ1n) is 8.64. The molecule has 0 bridgehead atoms. The lowest BCUT2D eigenvalue weighted by molar-refractivity contribution is -0.171. The SMILES string of the molecule is CCOC1CC(N)(C(=O)NC(C)COCc2ccccc2)C1(C)C. The van der Waals surface area contributed by atoms with Crippen molar-refractivity contribution in [2.75, 3.05) is 13.2 Å². The Hall–Kier alpha value is -1.43. The van der Waals surface area contributed by atoms with E-state index in [1.165, 1.54) is 0 Å². The number of benzene rings is 1. The van der Waals surface area contributed by atoms with Crippen LogP contribution in [0.15, 0.2) is 30.3 Å². The summed E-state index contributed by atoms with van der Waals surface area (Å²) >= 11 is 0. The standard InChI is InChI=1S/C19H30N2O3/c1-5-24-16-11-19(20,18(16,3)4)17(22)21-14(2)12-23-13-15-9-7-6-8-10-15/h6-10,14,16H,5,11-13,20H2,1-4H3,(H,21,22). The smallest absolute Gasteiger partial charge is 0.241 e. The van der Waals surface area contributed by atoms with E-state index < -0.39 is 5.54 Å². The van der Waals surface area contributed by atoms with Crippen LogP contribution >= 0.6 is 0 Å². The van der Waals surface area contributed by atoms with Crippen molar-refractivity contribution < 1.29 is 14.3 Å². The molecule has 134 valence electrons. The molecule has 1 aliphatic carbocycles. The summed E-state index contributed by atoms with van der Waals surface area (Å²) in [5.41, 5.74) is 6.23. The van der Waals surface area contributed by atoms with Gasteiger partial charge in [0.05, 0.1) is 19.3 Å². The number of nitrogens with two attached hydrogens (primary N) is 1. The fourth-order valence-electron chi connectivity index (χ4n) is 3.14. The van der Waals surface area contributed by atoms with E-state index in [4.69, 9.17) is 15.2 Å². The van der Waals surface area contributed by atoms with E-state index >= 15 is 0 Å². The predicted molar refractivity (Wildman–Crippen MR) is 94.4 cm³/mol. The minimum Gasteiger partial charge on any atom is -0.378 e. The van der Waals surface area contributed by atoms with Crippen LogP contribution in [-0.4, -0.2) is 36.8 Å². The molecule has 3 atom stereocenters. The Balaban J connectivity index is 1.79. The van der Waals surface area contributed by atoms with E-state index in [1.54, 1.807) is 0 Å². The second-order valence-electron chi connectivity index (χ2n) is 7.22. The molecule has 0 heterocycles. The van der Waals surface area contributed by atoms with Gasteiger partial charge in [0.2, 0.25) is 5.91 Å². The van der Waals surface area contributed by atoms with Crippen LogP contribution in [0.25, 0.3) is 0 Å². The van der Waals surface area contributed by atoms with Gasteiger partial charge in [0.15, 0.2) is 0 Å². The van der Waals surface area contributed by atoms with Crippen LogP contribution in [0.5, 0.6) is 0 Å². The fourth-order valence-corrected chi connectivity index (χ4v) is 3.14. The Morgan fingerprint density at radius 1 is 1.38 bits per heavy atom. The van der Waals surface area contributed by atoms with Crippen molar-refractivity contribution in [2.45, 2.75) is 58.4 Å². The van der Waals surface area contributed by atoms with Crippen LogP contribution < -0.4 is 11.1 Å². The van der Waals surface area contributed by atoms with E-state index in [1.807, 2.05) is 58.0 Å². The van der Waals surface area contributed by atoms with E-state index in [0.717, 1.165) is 5.56 Å². The van der Waals surface area contributed by atoms with Gasteiger partial charge in [-0.25, -0.2) is 0 Å². The normalized spacial score (nSPS) is 26.5. The van der Waals surface area contributed by atoms with Gasteiger partial charge >= 0.3 is 0 Å². The minimum atomic E-state index is -0.888. The second kappa shape index (κ2) is 7.64. The lowest BCUT2D eigenvalue weighted by Crippen LogP contribution is -2.76. The van der Waals surface area contributed by atoms with Gasteiger partial charge < -0.3 is 20.5 Å². The molecule has 1 aliphatic rings. The van der Waals surface area contributed by atoms with Crippen molar-refractivity contribution in [2.24, 2.45) is 11.1 Å². The average molecular weight is 334 g/mol. The lowest BCUT2D eigenvalue weighted by atomic mass is 9.54. The Kier molecular flexibility index (Phi) is 6.01. The van der Waals surface area contributed by atoms with E-state index in [-0.39, 0.29) is 23.5 Å². The number of amides is 1. The minimum absolute atomic E-state index is 0.0305. The third-order valence-corrected chi connectivity index (χ3v) is 5.09. The molecule has 0 radical (unpaired) electrons. The summed E-state index contributed by atoms with van der Waals surface area (Å²) in [4.78, 5) is 12.6. The van der Waals surface area contributed by atoms with Crippen molar-refractivity contribution in [1.29, 1.82) is 0 Å². The number of ether oxygens (including phenoxy) is 2. The molecule has 3 N–H and O–H groups in total. The number of rotatable bonds is 8.